The second-order valence-corrected chi connectivity index (χ2v) is 5.31. The molecule has 0 amide bonds. The summed E-state index contributed by atoms with van der Waals surface area (Å²) in [4.78, 5) is 0. The zero-order chi connectivity index (χ0) is 15.5. The van der Waals surface area contributed by atoms with E-state index in [-0.39, 0.29) is 6.04 Å². The van der Waals surface area contributed by atoms with Crippen LogP contribution in [-0.2, 0) is 0 Å². The fourth-order valence-electron chi connectivity index (χ4n) is 2.68. The van der Waals surface area contributed by atoms with Crippen LogP contribution in [-0.4, -0.2) is 14.2 Å². The van der Waals surface area contributed by atoms with Crippen molar-refractivity contribution in [1.82, 2.24) is 0 Å². The lowest BCUT2D eigenvalue weighted by Gasteiger charge is -2.11. The molecule has 0 aliphatic heterocycles. The Morgan fingerprint density at radius 3 is 2.14 bits per heavy atom. The molecule has 0 spiro atoms. The summed E-state index contributed by atoms with van der Waals surface area (Å²) in [5.74, 6) is 1.50. The average molecular weight is 294 g/mol. The smallest absolute Gasteiger partial charge is 0.180 e. The van der Waals surface area contributed by atoms with Gasteiger partial charge in [-0.1, -0.05) is 30.3 Å². The highest BCUT2D eigenvalue weighted by Crippen LogP contribution is 2.31. The summed E-state index contributed by atoms with van der Waals surface area (Å²) in [6.45, 7) is 2.20. The van der Waals surface area contributed by atoms with Gasteiger partial charge in [0.1, 0.15) is 0 Å². The Kier molecular flexibility index (Phi) is 3.96. The fraction of sp³-hybridized carbons (Fsp3) is 0.211. The van der Waals surface area contributed by atoms with Gasteiger partial charge in [-0.3, -0.25) is 0 Å². The number of methoxy groups -OCH3 is 2. The third-order valence-electron chi connectivity index (χ3n) is 4.03. The SMILES string of the molecule is COc1cc2cc[n+]([C@@H](C)c3ccccc3)cc2cc1OC. The predicted molar refractivity (Wildman–Crippen MR) is 87.5 cm³/mol. The van der Waals surface area contributed by atoms with E-state index in [1.165, 1.54) is 5.56 Å². The lowest BCUT2D eigenvalue weighted by atomic mass is 10.1. The van der Waals surface area contributed by atoms with Gasteiger partial charge in [-0.15, -0.1) is 0 Å². The fourth-order valence-corrected chi connectivity index (χ4v) is 2.68. The standard InChI is InChI=1S/C19H20NO2/c1-14(15-7-5-4-6-8-15)20-10-9-16-11-18(21-2)19(22-3)12-17(16)13-20/h4-14H,1-3H3/q+1/t14-/m0/s1. The van der Waals surface area contributed by atoms with Crippen molar-refractivity contribution in [3.05, 3.63) is 66.5 Å². The monoisotopic (exact) mass is 294 g/mol. The molecule has 1 aromatic heterocycles. The molecule has 0 fully saturated rings. The average Bonchev–Trinajstić information content (AvgIpc) is 2.60. The first-order valence-corrected chi connectivity index (χ1v) is 7.34. The van der Waals surface area contributed by atoms with E-state index in [1.807, 2.05) is 18.2 Å². The molecule has 0 N–H and O–H groups in total. The number of aromatic nitrogens is 1. The Bertz CT molecular complexity index is 784. The Morgan fingerprint density at radius 2 is 1.50 bits per heavy atom. The molecule has 3 aromatic rings. The van der Waals surface area contributed by atoms with E-state index in [9.17, 15) is 0 Å². The van der Waals surface area contributed by atoms with Crippen molar-refractivity contribution in [3.8, 4) is 11.5 Å². The van der Waals surface area contributed by atoms with Gasteiger partial charge in [-0.05, 0) is 17.5 Å². The number of hydrogen-bond acceptors (Lipinski definition) is 2. The van der Waals surface area contributed by atoms with E-state index in [2.05, 4.69) is 54.2 Å². The van der Waals surface area contributed by atoms with Crippen molar-refractivity contribution < 1.29 is 14.0 Å². The lowest BCUT2D eigenvalue weighted by molar-refractivity contribution is -0.709. The van der Waals surface area contributed by atoms with Crippen LogP contribution in [0, 0.1) is 0 Å². The molecule has 3 rings (SSSR count). The quantitative estimate of drug-likeness (QED) is 0.684. The molecular formula is C19H20NO2+. The van der Waals surface area contributed by atoms with Crippen LogP contribution >= 0.6 is 0 Å². The minimum absolute atomic E-state index is 0.277. The highest BCUT2D eigenvalue weighted by Gasteiger charge is 2.16. The molecule has 0 radical (unpaired) electrons. The van der Waals surface area contributed by atoms with Crippen LogP contribution in [0.5, 0.6) is 11.5 Å². The molecule has 3 nitrogen and oxygen atoms in total. The van der Waals surface area contributed by atoms with Crippen molar-refractivity contribution in [1.29, 1.82) is 0 Å². The molecule has 0 saturated carbocycles. The summed E-state index contributed by atoms with van der Waals surface area (Å²) in [5, 5.41) is 2.26. The summed E-state index contributed by atoms with van der Waals surface area (Å²) in [6.07, 6.45) is 4.25. The first kappa shape index (κ1) is 14.4. The Morgan fingerprint density at radius 1 is 0.864 bits per heavy atom. The number of benzene rings is 2. The summed E-state index contributed by atoms with van der Waals surface area (Å²) < 4.78 is 13.0. The van der Waals surface area contributed by atoms with Gasteiger partial charge in [-0.2, -0.15) is 4.57 Å². The molecule has 22 heavy (non-hydrogen) atoms. The second kappa shape index (κ2) is 6.06. The minimum Gasteiger partial charge on any atom is -0.493 e. The third kappa shape index (κ3) is 2.62. The zero-order valence-electron chi connectivity index (χ0n) is 13.1. The topological polar surface area (TPSA) is 22.3 Å². The van der Waals surface area contributed by atoms with Crippen molar-refractivity contribution >= 4 is 10.8 Å². The number of ether oxygens (including phenoxy) is 2. The highest BCUT2D eigenvalue weighted by molar-refractivity contribution is 5.84. The van der Waals surface area contributed by atoms with Crippen LogP contribution in [0.25, 0.3) is 10.8 Å². The molecule has 112 valence electrons. The first-order valence-electron chi connectivity index (χ1n) is 7.34. The van der Waals surface area contributed by atoms with Crippen molar-refractivity contribution in [2.24, 2.45) is 0 Å². The Hall–Kier alpha value is -2.55. The number of rotatable bonds is 4. The van der Waals surface area contributed by atoms with E-state index in [0.717, 1.165) is 22.3 Å². The van der Waals surface area contributed by atoms with E-state index in [0.29, 0.717) is 0 Å². The van der Waals surface area contributed by atoms with Crippen LogP contribution in [0.1, 0.15) is 18.5 Å². The maximum Gasteiger partial charge on any atom is 0.180 e. The van der Waals surface area contributed by atoms with Crippen LogP contribution in [0.4, 0.5) is 0 Å². The minimum atomic E-state index is 0.277. The van der Waals surface area contributed by atoms with Gasteiger partial charge in [0.15, 0.2) is 29.9 Å². The van der Waals surface area contributed by atoms with Gasteiger partial charge in [0.05, 0.1) is 14.2 Å². The number of fused-ring (bicyclic) bond motifs is 1. The van der Waals surface area contributed by atoms with E-state index in [4.69, 9.17) is 9.47 Å². The van der Waals surface area contributed by atoms with Crippen molar-refractivity contribution in [2.45, 2.75) is 13.0 Å². The molecule has 1 heterocycles. The van der Waals surface area contributed by atoms with E-state index < -0.39 is 0 Å². The van der Waals surface area contributed by atoms with Gasteiger partial charge < -0.3 is 9.47 Å². The van der Waals surface area contributed by atoms with Crippen molar-refractivity contribution in [2.75, 3.05) is 14.2 Å². The summed E-state index contributed by atoms with van der Waals surface area (Å²) in [5.41, 5.74) is 1.28. The molecular weight excluding hydrogens is 274 g/mol. The van der Waals surface area contributed by atoms with Gasteiger partial charge in [0.2, 0.25) is 0 Å². The van der Waals surface area contributed by atoms with Gasteiger partial charge in [0, 0.05) is 23.9 Å². The molecule has 3 heteroatoms. The van der Waals surface area contributed by atoms with Crippen LogP contribution in [0.2, 0.25) is 0 Å². The van der Waals surface area contributed by atoms with Crippen LogP contribution in [0.3, 0.4) is 0 Å². The lowest BCUT2D eigenvalue weighted by Crippen LogP contribution is -2.37. The molecule has 0 bridgehead atoms. The normalized spacial score (nSPS) is 12.1. The van der Waals surface area contributed by atoms with Crippen molar-refractivity contribution in [3.63, 3.8) is 0 Å². The molecule has 0 aliphatic carbocycles. The maximum absolute atomic E-state index is 5.40. The molecule has 2 aromatic carbocycles. The maximum atomic E-state index is 5.40. The molecule has 1 atom stereocenters. The summed E-state index contributed by atoms with van der Waals surface area (Å²) in [6, 6.07) is 16.9. The van der Waals surface area contributed by atoms with Gasteiger partial charge in [-0.25, -0.2) is 0 Å². The van der Waals surface area contributed by atoms with E-state index >= 15 is 0 Å². The largest absolute Gasteiger partial charge is 0.493 e. The summed E-state index contributed by atoms with van der Waals surface area (Å²) >= 11 is 0. The summed E-state index contributed by atoms with van der Waals surface area (Å²) in [7, 11) is 3.32. The number of pyridine rings is 1. The van der Waals surface area contributed by atoms with Gasteiger partial charge >= 0.3 is 0 Å². The second-order valence-electron chi connectivity index (χ2n) is 5.31. The number of nitrogens with zero attached hydrogens (tertiary/aromatic N) is 1. The van der Waals surface area contributed by atoms with E-state index in [1.54, 1.807) is 14.2 Å². The predicted octanol–water partition coefficient (Wildman–Crippen LogP) is 3.75. The molecule has 0 aliphatic rings. The highest BCUT2D eigenvalue weighted by atomic mass is 16.5. The molecule has 0 saturated heterocycles. The Labute approximate surface area is 130 Å². The molecule has 0 unspecified atom stereocenters. The first-order chi connectivity index (χ1) is 10.7. The van der Waals surface area contributed by atoms with Crippen LogP contribution < -0.4 is 14.0 Å². The zero-order valence-corrected chi connectivity index (χ0v) is 13.1. The third-order valence-corrected chi connectivity index (χ3v) is 4.03. The van der Waals surface area contributed by atoms with Crippen LogP contribution in [0.15, 0.2) is 60.9 Å². The Balaban J connectivity index is 2.06. The number of hydrogen-bond donors (Lipinski definition) is 0. The van der Waals surface area contributed by atoms with Gasteiger partial charge in [0.25, 0.3) is 0 Å².